The Balaban J connectivity index is 1.79. The molecule has 0 saturated heterocycles. The van der Waals surface area contributed by atoms with E-state index in [0.717, 1.165) is 11.5 Å². The molecule has 4 heteroatoms. The number of halogens is 1. The predicted octanol–water partition coefficient (Wildman–Crippen LogP) is 3.62. The minimum Gasteiger partial charge on any atom is -0.497 e. The molecule has 0 radical (unpaired) electrons. The molecule has 0 atom stereocenters. The van der Waals surface area contributed by atoms with Crippen LogP contribution < -0.4 is 4.74 Å². The Morgan fingerprint density at radius 2 is 2.00 bits per heavy atom. The van der Waals surface area contributed by atoms with E-state index < -0.39 is 0 Å². The van der Waals surface area contributed by atoms with Crippen LogP contribution in [-0.2, 0) is 0 Å². The van der Waals surface area contributed by atoms with Gasteiger partial charge in [-0.25, -0.2) is 9.38 Å². The van der Waals surface area contributed by atoms with Crippen molar-refractivity contribution in [2.75, 3.05) is 13.7 Å². The molecule has 1 fully saturated rings. The Labute approximate surface area is 118 Å². The Morgan fingerprint density at radius 3 is 2.70 bits per heavy atom. The third-order valence-corrected chi connectivity index (χ3v) is 4.10. The highest BCUT2D eigenvalue weighted by Crippen LogP contribution is 2.27. The van der Waals surface area contributed by atoms with Crippen LogP contribution in [0.5, 0.6) is 5.75 Å². The Hall–Kier alpha value is -1.71. The molecule has 1 aromatic carbocycles. The lowest BCUT2D eigenvalue weighted by Crippen LogP contribution is -2.15. The Morgan fingerprint density at radius 1 is 1.20 bits per heavy atom. The van der Waals surface area contributed by atoms with E-state index in [-0.39, 0.29) is 5.82 Å². The van der Waals surface area contributed by atoms with Crippen molar-refractivity contribution in [1.82, 2.24) is 0 Å². The highest BCUT2D eigenvalue weighted by molar-refractivity contribution is 6.13. The zero-order chi connectivity index (χ0) is 13.9. The van der Waals surface area contributed by atoms with Gasteiger partial charge in [0.05, 0.1) is 19.4 Å². The van der Waals surface area contributed by atoms with Gasteiger partial charge >= 0.3 is 0 Å². The van der Waals surface area contributed by atoms with Crippen molar-refractivity contribution >= 4 is 11.5 Å². The van der Waals surface area contributed by atoms with Gasteiger partial charge in [0, 0.05) is 17.5 Å². The molecule has 0 bridgehead atoms. The molecule has 0 N–H and O–H groups in total. The third kappa shape index (κ3) is 2.60. The second-order valence-electron chi connectivity index (χ2n) is 5.41. The number of rotatable bonds is 3. The van der Waals surface area contributed by atoms with Crippen molar-refractivity contribution in [2.45, 2.75) is 32.1 Å². The summed E-state index contributed by atoms with van der Waals surface area (Å²) in [7, 11) is 1.53. The van der Waals surface area contributed by atoms with Gasteiger partial charge in [-0.2, -0.15) is 0 Å². The summed E-state index contributed by atoms with van der Waals surface area (Å²) in [6.45, 7) is 0.495. The number of hydrogen-bond acceptors (Lipinski definition) is 3. The van der Waals surface area contributed by atoms with Crippen LogP contribution in [0, 0.1) is 11.7 Å². The molecule has 106 valence electrons. The molecule has 1 aromatic rings. The molecule has 0 amide bonds. The molecule has 0 aromatic heterocycles. The monoisotopic (exact) mass is 274 g/mol. The van der Waals surface area contributed by atoms with Crippen LogP contribution in [0.15, 0.2) is 28.2 Å². The third-order valence-electron chi connectivity index (χ3n) is 4.10. The lowest BCUT2D eigenvalue weighted by Gasteiger charge is -2.19. The van der Waals surface area contributed by atoms with Crippen molar-refractivity contribution in [3.8, 4) is 5.75 Å². The largest absolute Gasteiger partial charge is 0.497 e. The molecule has 3 nitrogen and oxygen atoms in total. The normalized spacial score (nSPS) is 19.7. The van der Waals surface area contributed by atoms with Crippen LogP contribution in [0.4, 0.5) is 4.39 Å². The quantitative estimate of drug-likeness (QED) is 0.829. The first kappa shape index (κ1) is 13.3. The van der Waals surface area contributed by atoms with Crippen molar-refractivity contribution in [3.63, 3.8) is 0 Å². The maximum absolute atomic E-state index is 14.0. The topological polar surface area (TPSA) is 34.0 Å². The molecule has 1 heterocycles. The fourth-order valence-corrected chi connectivity index (χ4v) is 2.95. The number of methoxy groups -OCH3 is 1. The maximum atomic E-state index is 14.0. The van der Waals surface area contributed by atoms with Gasteiger partial charge in [0.1, 0.15) is 17.4 Å². The number of nitrogens with zero attached hydrogens (tertiary/aromatic N) is 2. The molecule has 2 aliphatic rings. The Kier molecular flexibility index (Phi) is 3.81. The fourth-order valence-electron chi connectivity index (χ4n) is 2.95. The van der Waals surface area contributed by atoms with Crippen LogP contribution in [0.25, 0.3) is 0 Å². The molecule has 3 rings (SSSR count). The average Bonchev–Trinajstić information content (AvgIpc) is 2.97. The van der Waals surface area contributed by atoms with Gasteiger partial charge in [0.2, 0.25) is 0 Å². The first-order valence-electron chi connectivity index (χ1n) is 7.24. The van der Waals surface area contributed by atoms with E-state index in [4.69, 9.17) is 4.74 Å². The number of benzene rings is 1. The molecule has 1 aliphatic heterocycles. The van der Waals surface area contributed by atoms with Gasteiger partial charge in [-0.05, 0) is 25.0 Å². The highest BCUT2D eigenvalue weighted by atomic mass is 19.1. The van der Waals surface area contributed by atoms with Crippen molar-refractivity contribution in [1.29, 1.82) is 0 Å². The summed E-state index contributed by atoms with van der Waals surface area (Å²) < 4.78 is 19.1. The van der Waals surface area contributed by atoms with Crippen LogP contribution in [0.1, 0.15) is 37.7 Å². The number of hydrogen-bond donors (Lipinski definition) is 0. The number of aliphatic imine (C=N–C) groups is 2. The second-order valence-corrected chi connectivity index (χ2v) is 5.41. The van der Waals surface area contributed by atoms with E-state index in [1.165, 1.54) is 45.3 Å². The smallest absolute Gasteiger partial charge is 0.136 e. The average molecular weight is 274 g/mol. The van der Waals surface area contributed by atoms with E-state index in [1.54, 1.807) is 12.1 Å². The molecule has 20 heavy (non-hydrogen) atoms. The zero-order valence-corrected chi connectivity index (χ0v) is 11.7. The van der Waals surface area contributed by atoms with Gasteiger partial charge in [-0.1, -0.05) is 19.3 Å². The Bertz CT molecular complexity index is 560. The zero-order valence-electron chi connectivity index (χ0n) is 11.7. The standard InChI is InChI=1S/C16H19FN2O/c1-20-12-7-8-13(14(17)9-12)15-10-18-16(19-15)11-5-3-2-4-6-11/h7-9,11H,2-6,10H2,1H3. The lowest BCUT2D eigenvalue weighted by molar-refractivity contribution is 0.411. The fraction of sp³-hybridized carbons (Fsp3) is 0.500. The molecule has 0 unspecified atom stereocenters. The highest BCUT2D eigenvalue weighted by Gasteiger charge is 2.23. The van der Waals surface area contributed by atoms with Gasteiger partial charge in [0.25, 0.3) is 0 Å². The summed E-state index contributed by atoms with van der Waals surface area (Å²) in [6, 6.07) is 4.89. The molecule has 0 spiro atoms. The summed E-state index contributed by atoms with van der Waals surface area (Å²) in [5.41, 5.74) is 1.28. The molecular weight excluding hydrogens is 255 g/mol. The summed E-state index contributed by atoms with van der Waals surface area (Å²) in [6.07, 6.45) is 6.16. The molecular formula is C16H19FN2O. The predicted molar refractivity (Wildman–Crippen MR) is 78.4 cm³/mol. The van der Waals surface area contributed by atoms with Gasteiger partial charge in [-0.3, -0.25) is 4.99 Å². The summed E-state index contributed by atoms with van der Waals surface area (Å²) in [4.78, 5) is 9.10. The van der Waals surface area contributed by atoms with E-state index in [9.17, 15) is 4.39 Å². The van der Waals surface area contributed by atoms with Crippen LogP contribution in [0.2, 0.25) is 0 Å². The van der Waals surface area contributed by atoms with Gasteiger partial charge in [0.15, 0.2) is 0 Å². The van der Waals surface area contributed by atoms with E-state index in [2.05, 4.69) is 9.98 Å². The first-order valence-corrected chi connectivity index (χ1v) is 7.24. The van der Waals surface area contributed by atoms with Crippen LogP contribution in [-0.4, -0.2) is 25.2 Å². The van der Waals surface area contributed by atoms with E-state index in [0.29, 0.717) is 23.8 Å². The van der Waals surface area contributed by atoms with Crippen molar-refractivity contribution in [3.05, 3.63) is 29.6 Å². The van der Waals surface area contributed by atoms with Gasteiger partial charge < -0.3 is 4.74 Å². The summed E-state index contributed by atoms with van der Waals surface area (Å²) >= 11 is 0. The van der Waals surface area contributed by atoms with Crippen molar-refractivity contribution in [2.24, 2.45) is 15.9 Å². The summed E-state index contributed by atoms with van der Waals surface area (Å²) in [5, 5.41) is 0. The van der Waals surface area contributed by atoms with E-state index >= 15 is 0 Å². The minimum absolute atomic E-state index is 0.289. The molecule has 1 aliphatic carbocycles. The van der Waals surface area contributed by atoms with E-state index in [1.807, 2.05) is 0 Å². The minimum atomic E-state index is -0.289. The number of amidine groups is 1. The second kappa shape index (κ2) is 5.73. The van der Waals surface area contributed by atoms with Crippen molar-refractivity contribution < 1.29 is 9.13 Å². The first-order chi connectivity index (χ1) is 9.78. The molecule has 1 saturated carbocycles. The lowest BCUT2D eigenvalue weighted by atomic mass is 9.88. The summed E-state index contributed by atoms with van der Waals surface area (Å²) in [5.74, 6) is 1.64. The van der Waals surface area contributed by atoms with Gasteiger partial charge in [-0.15, -0.1) is 0 Å². The van der Waals surface area contributed by atoms with Crippen LogP contribution >= 0.6 is 0 Å². The maximum Gasteiger partial charge on any atom is 0.136 e. The SMILES string of the molecule is COc1ccc(C2=NC(C3CCCCC3)=NC2)c(F)c1. The number of ether oxygens (including phenoxy) is 1. The van der Waals surface area contributed by atoms with Crippen LogP contribution in [0.3, 0.4) is 0 Å².